The number of rotatable bonds is 6. The predicted molar refractivity (Wildman–Crippen MR) is 214 cm³/mol. The van der Waals surface area contributed by atoms with E-state index in [0.717, 1.165) is 73.3 Å². The summed E-state index contributed by atoms with van der Waals surface area (Å²) in [5.41, 5.74) is 15.9. The van der Waals surface area contributed by atoms with Gasteiger partial charge in [-0.05, 0) is 45.5 Å². The molecule has 1 aliphatic rings. The van der Waals surface area contributed by atoms with Crippen LogP contribution < -0.4 is 0 Å². The number of hydrogen-bond acceptors (Lipinski definition) is 5. The highest BCUT2D eigenvalue weighted by Crippen LogP contribution is 2.38. The lowest BCUT2D eigenvalue weighted by atomic mass is 9.97. The van der Waals surface area contributed by atoms with Crippen molar-refractivity contribution in [2.24, 2.45) is 0 Å². The van der Waals surface area contributed by atoms with Crippen LogP contribution >= 0.6 is 0 Å². The number of aromatic nitrogens is 5. The molecular formula is C48H31N5. The SMILES string of the molecule is c1ccc(-c2ccc(-c3nc(-c4ccccc4)nc(-c4ccc(-c5cccc(-c6cccc7nc8c(nc67)Cc6ccccc6-8)c5)cc4)n3)cc2)cc1. The summed E-state index contributed by atoms with van der Waals surface area (Å²) in [4.78, 5) is 25.1. The number of hydrogen-bond donors (Lipinski definition) is 0. The number of nitrogens with zero attached hydrogens (tertiary/aromatic N) is 5. The van der Waals surface area contributed by atoms with E-state index in [-0.39, 0.29) is 0 Å². The lowest BCUT2D eigenvalue weighted by Gasteiger charge is -2.11. The fourth-order valence-electron chi connectivity index (χ4n) is 7.24. The summed E-state index contributed by atoms with van der Waals surface area (Å²) in [5.74, 6) is 1.91. The monoisotopic (exact) mass is 677 g/mol. The zero-order valence-electron chi connectivity index (χ0n) is 28.7. The van der Waals surface area contributed by atoms with Crippen molar-refractivity contribution in [1.82, 2.24) is 24.9 Å². The Kier molecular flexibility index (Phi) is 7.47. The largest absolute Gasteiger partial charge is 0.248 e. The van der Waals surface area contributed by atoms with Crippen molar-refractivity contribution >= 4 is 11.0 Å². The van der Waals surface area contributed by atoms with Gasteiger partial charge in [0.05, 0.1) is 22.4 Å². The Bertz CT molecular complexity index is 2780. The number of benzene rings is 7. The van der Waals surface area contributed by atoms with Gasteiger partial charge < -0.3 is 0 Å². The van der Waals surface area contributed by atoms with E-state index in [1.807, 2.05) is 36.4 Å². The van der Waals surface area contributed by atoms with E-state index in [2.05, 4.69) is 140 Å². The third-order valence-electron chi connectivity index (χ3n) is 9.97. The molecule has 5 nitrogen and oxygen atoms in total. The van der Waals surface area contributed by atoms with Crippen LogP contribution in [0.2, 0.25) is 0 Å². The van der Waals surface area contributed by atoms with Crippen molar-refractivity contribution in [3.8, 4) is 78.8 Å². The Hall–Kier alpha value is -7.11. The summed E-state index contributed by atoms with van der Waals surface area (Å²) in [6.45, 7) is 0. The Morgan fingerprint density at radius 2 is 0.792 bits per heavy atom. The van der Waals surface area contributed by atoms with E-state index in [1.165, 1.54) is 16.7 Å². The molecule has 0 saturated carbocycles. The lowest BCUT2D eigenvalue weighted by Crippen LogP contribution is -2.00. The van der Waals surface area contributed by atoms with E-state index >= 15 is 0 Å². The minimum atomic E-state index is 0.630. The maximum atomic E-state index is 5.19. The summed E-state index contributed by atoms with van der Waals surface area (Å²) in [6, 6.07) is 60.7. The van der Waals surface area contributed by atoms with Gasteiger partial charge in [-0.25, -0.2) is 24.9 Å². The van der Waals surface area contributed by atoms with Crippen molar-refractivity contribution in [3.05, 3.63) is 187 Å². The van der Waals surface area contributed by atoms with E-state index < -0.39 is 0 Å². The molecule has 0 unspecified atom stereocenters. The van der Waals surface area contributed by atoms with Crippen molar-refractivity contribution < 1.29 is 0 Å². The van der Waals surface area contributed by atoms with Gasteiger partial charge in [-0.1, -0.05) is 164 Å². The van der Waals surface area contributed by atoms with Crippen LogP contribution in [0.5, 0.6) is 0 Å². The molecule has 1 aliphatic carbocycles. The normalized spacial score (nSPS) is 11.7. The highest BCUT2D eigenvalue weighted by atomic mass is 15.0. The second kappa shape index (κ2) is 12.9. The Balaban J connectivity index is 0.986. The lowest BCUT2D eigenvalue weighted by molar-refractivity contribution is 1.07. The topological polar surface area (TPSA) is 64.5 Å². The average Bonchev–Trinajstić information content (AvgIpc) is 3.60. The molecule has 2 heterocycles. The van der Waals surface area contributed by atoms with Gasteiger partial charge >= 0.3 is 0 Å². The van der Waals surface area contributed by atoms with Crippen LogP contribution in [0, 0.1) is 0 Å². The number of para-hydroxylation sites is 1. The van der Waals surface area contributed by atoms with Crippen LogP contribution in [-0.2, 0) is 6.42 Å². The van der Waals surface area contributed by atoms with E-state index in [9.17, 15) is 0 Å². The molecule has 0 saturated heterocycles. The third-order valence-corrected chi connectivity index (χ3v) is 9.97. The molecular weight excluding hydrogens is 647 g/mol. The fraction of sp³-hybridized carbons (Fsp3) is 0.0208. The standard InChI is InChI=1S/C48H31N5/c1-3-11-31(12-4-1)32-21-25-35(26-22-32)47-51-46(34-13-5-2-6-14-34)52-48(53-47)36-27-23-33(24-28-36)37-16-9-17-38(29-37)41-19-10-20-42-44(41)50-43-30-39-15-7-8-18-40(39)45(43)49-42/h1-29H,30H2. The quantitative estimate of drug-likeness (QED) is 0.175. The van der Waals surface area contributed by atoms with Gasteiger partial charge in [-0.2, -0.15) is 0 Å². The summed E-state index contributed by atoms with van der Waals surface area (Å²) in [7, 11) is 0. The summed E-state index contributed by atoms with van der Waals surface area (Å²) < 4.78 is 0. The van der Waals surface area contributed by atoms with Crippen molar-refractivity contribution in [1.29, 1.82) is 0 Å². The van der Waals surface area contributed by atoms with Crippen molar-refractivity contribution in [2.45, 2.75) is 6.42 Å². The van der Waals surface area contributed by atoms with Gasteiger partial charge in [0, 0.05) is 34.2 Å². The Morgan fingerprint density at radius 1 is 0.321 bits per heavy atom. The van der Waals surface area contributed by atoms with E-state index in [0.29, 0.717) is 17.5 Å². The predicted octanol–water partition coefficient (Wildman–Crippen LogP) is 11.4. The van der Waals surface area contributed by atoms with Gasteiger partial charge in [0.15, 0.2) is 17.5 Å². The molecule has 0 radical (unpaired) electrons. The second-order valence-electron chi connectivity index (χ2n) is 13.3. The first-order valence-electron chi connectivity index (χ1n) is 17.8. The van der Waals surface area contributed by atoms with Crippen LogP contribution in [0.1, 0.15) is 11.3 Å². The highest BCUT2D eigenvalue weighted by molar-refractivity contribution is 5.94. The first-order valence-corrected chi connectivity index (χ1v) is 17.8. The first kappa shape index (κ1) is 30.7. The maximum Gasteiger partial charge on any atom is 0.164 e. The van der Waals surface area contributed by atoms with Gasteiger partial charge in [0.1, 0.15) is 0 Å². The zero-order chi connectivity index (χ0) is 35.1. The molecule has 10 rings (SSSR count). The molecule has 2 aromatic heterocycles. The Labute approximate surface area is 307 Å². The minimum Gasteiger partial charge on any atom is -0.248 e. The maximum absolute atomic E-state index is 5.19. The molecule has 0 aliphatic heterocycles. The van der Waals surface area contributed by atoms with Crippen LogP contribution in [0.25, 0.3) is 89.8 Å². The fourth-order valence-corrected chi connectivity index (χ4v) is 7.24. The van der Waals surface area contributed by atoms with Crippen molar-refractivity contribution in [3.63, 3.8) is 0 Å². The molecule has 0 N–H and O–H groups in total. The van der Waals surface area contributed by atoms with Crippen LogP contribution in [0.3, 0.4) is 0 Å². The Morgan fingerprint density at radius 3 is 1.47 bits per heavy atom. The molecule has 0 atom stereocenters. The van der Waals surface area contributed by atoms with Crippen molar-refractivity contribution in [2.75, 3.05) is 0 Å². The number of fused-ring (bicyclic) bond motifs is 4. The van der Waals surface area contributed by atoms with Gasteiger partial charge in [0.25, 0.3) is 0 Å². The molecule has 248 valence electrons. The second-order valence-corrected chi connectivity index (χ2v) is 13.3. The van der Waals surface area contributed by atoms with E-state index in [1.54, 1.807) is 0 Å². The van der Waals surface area contributed by atoms with E-state index in [4.69, 9.17) is 24.9 Å². The minimum absolute atomic E-state index is 0.630. The van der Waals surface area contributed by atoms with Gasteiger partial charge in [-0.15, -0.1) is 0 Å². The average molecular weight is 678 g/mol. The van der Waals surface area contributed by atoms with Crippen LogP contribution in [0.15, 0.2) is 176 Å². The zero-order valence-corrected chi connectivity index (χ0v) is 28.7. The summed E-state index contributed by atoms with van der Waals surface area (Å²) >= 11 is 0. The molecule has 0 amide bonds. The first-order chi connectivity index (χ1) is 26.2. The molecule has 9 aromatic rings. The smallest absolute Gasteiger partial charge is 0.164 e. The molecule has 0 spiro atoms. The molecule has 7 aromatic carbocycles. The van der Waals surface area contributed by atoms with Crippen LogP contribution in [-0.4, -0.2) is 24.9 Å². The molecule has 53 heavy (non-hydrogen) atoms. The molecule has 0 fully saturated rings. The highest BCUT2D eigenvalue weighted by Gasteiger charge is 2.22. The molecule has 5 heteroatoms. The van der Waals surface area contributed by atoms with Crippen LogP contribution in [0.4, 0.5) is 0 Å². The molecule has 0 bridgehead atoms. The summed E-state index contributed by atoms with van der Waals surface area (Å²) in [6.07, 6.45) is 0.811. The van der Waals surface area contributed by atoms with Gasteiger partial charge in [0.2, 0.25) is 0 Å². The third kappa shape index (κ3) is 5.75. The van der Waals surface area contributed by atoms with Gasteiger partial charge in [-0.3, -0.25) is 0 Å². The summed E-state index contributed by atoms with van der Waals surface area (Å²) in [5, 5.41) is 0.